The van der Waals surface area contributed by atoms with Crippen molar-refractivity contribution in [1.82, 2.24) is 15.0 Å². The molecule has 2 aromatic heterocycles. The summed E-state index contributed by atoms with van der Waals surface area (Å²) in [6, 6.07) is 12.7. The van der Waals surface area contributed by atoms with Crippen LogP contribution in [0.15, 0.2) is 48.9 Å². The monoisotopic (exact) mass is 359 g/mol. The molecule has 1 aliphatic heterocycles. The zero-order valence-electron chi connectivity index (χ0n) is 15.4. The highest BCUT2D eigenvalue weighted by Gasteiger charge is 2.50. The van der Waals surface area contributed by atoms with Crippen LogP contribution in [0, 0.1) is 0 Å². The van der Waals surface area contributed by atoms with Crippen LogP contribution in [-0.2, 0) is 10.2 Å². The van der Waals surface area contributed by atoms with Gasteiger partial charge in [-0.3, -0.25) is 9.69 Å². The Hall–Kier alpha value is -3.02. The summed E-state index contributed by atoms with van der Waals surface area (Å²) in [5, 5.41) is 4.64. The second-order valence-electron chi connectivity index (χ2n) is 7.92. The van der Waals surface area contributed by atoms with Gasteiger partial charge in [-0.2, -0.15) is 0 Å². The van der Waals surface area contributed by atoms with Crippen molar-refractivity contribution >= 4 is 28.4 Å². The standard InChI is InChI=1S/C21H21N5O/c1-21(2)16-11-22-12-23-19(16)26(20(21)27)15-9-14(10-15)24-18-8-7-13-5-3-4-6-17(13)25-18/h3-8,11-12,14-15H,9-10H2,1-2H3,(H,24,25)/t14-,15-. The molecular formula is C21H21N5O. The first-order chi connectivity index (χ1) is 13.0. The molecule has 1 fully saturated rings. The van der Waals surface area contributed by atoms with Gasteiger partial charge in [-0.1, -0.05) is 18.2 Å². The molecular weight excluding hydrogens is 338 g/mol. The van der Waals surface area contributed by atoms with Crippen LogP contribution in [0.1, 0.15) is 32.3 Å². The maximum absolute atomic E-state index is 13.0. The summed E-state index contributed by atoms with van der Waals surface area (Å²) < 4.78 is 0. The molecule has 0 bridgehead atoms. The van der Waals surface area contributed by atoms with Gasteiger partial charge >= 0.3 is 0 Å². The fraction of sp³-hybridized carbons (Fsp3) is 0.333. The number of rotatable bonds is 3. The highest BCUT2D eigenvalue weighted by Crippen LogP contribution is 2.44. The second kappa shape index (κ2) is 5.74. The van der Waals surface area contributed by atoms with Crippen molar-refractivity contribution in [2.24, 2.45) is 0 Å². The normalized spacial score (nSPS) is 23.2. The fourth-order valence-electron chi connectivity index (χ4n) is 4.08. The third-order valence-corrected chi connectivity index (χ3v) is 5.77. The predicted molar refractivity (Wildman–Crippen MR) is 105 cm³/mol. The minimum absolute atomic E-state index is 0.116. The summed E-state index contributed by atoms with van der Waals surface area (Å²) in [6.07, 6.45) is 5.07. The molecule has 27 heavy (non-hydrogen) atoms. The number of hydrogen-bond acceptors (Lipinski definition) is 5. The molecule has 6 nitrogen and oxygen atoms in total. The maximum atomic E-state index is 13.0. The Morgan fingerprint density at radius 1 is 1.15 bits per heavy atom. The third-order valence-electron chi connectivity index (χ3n) is 5.77. The first kappa shape index (κ1) is 16.2. The average Bonchev–Trinajstić information content (AvgIpc) is 2.85. The topological polar surface area (TPSA) is 71.0 Å². The van der Waals surface area contributed by atoms with E-state index in [4.69, 9.17) is 0 Å². The van der Waals surface area contributed by atoms with Crippen LogP contribution in [0.2, 0.25) is 0 Å². The van der Waals surface area contributed by atoms with Gasteiger partial charge in [-0.15, -0.1) is 0 Å². The number of anilines is 2. The van der Waals surface area contributed by atoms with Gasteiger partial charge in [-0.05, 0) is 44.9 Å². The van der Waals surface area contributed by atoms with Crippen molar-refractivity contribution < 1.29 is 4.79 Å². The van der Waals surface area contributed by atoms with Crippen LogP contribution >= 0.6 is 0 Å². The number of nitrogens with one attached hydrogen (secondary N) is 1. The van der Waals surface area contributed by atoms with E-state index >= 15 is 0 Å². The molecule has 1 aromatic carbocycles. The van der Waals surface area contributed by atoms with Gasteiger partial charge < -0.3 is 5.32 Å². The molecule has 1 amide bonds. The van der Waals surface area contributed by atoms with Gasteiger partial charge in [0, 0.05) is 29.2 Å². The number of fused-ring (bicyclic) bond motifs is 2. The summed E-state index contributed by atoms with van der Waals surface area (Å²) in [4.78, 5) is 28.0. The predicted octanol–water partition coefficient (Wildman–Crippen LogP) is 3.29. The lowest BCUT2D eigenvalue weighted by atomic mass is 9.84. The van der Waals surface area contributed by atoms with Crippen LogP contribution in [0.5, 0.6) is 0 Å². The Morgan fingerprint density at radius 3 is 2.81 bits per heavy atom. The largest absolute Gasteiger partial charge is 0.367 e. The summed E-state index contributed by atoms with van der Waals surface area (Å²) in [5.74, 6) is 1.77. The number of nitrogens with zero attached hydrogens (tertiary/aromatic N) is 4. The molecule has 0 atom stereocenters. The maximum Gasteiger partial charge on any atom is 0.238 e. The van der Waals surface area contributed by atoms with E-state index in [2.05, 4.69) is 32.4 Å². The summed E-state index contributed by atoms with van der Waals surface area (Å²) in [7, 11) is 0. The number of amides is 1. The smallest absolute Gasteiger partial charge is 0.238 e. The number of carbonyl (C=O) groups is 1. The van der Waals surface area contributed by atoms with Crippen molar-refractivity contribution in [3.8, 4) is 0 Å². The van der Waals surface area contributed by atoms with Crippen LogP contribution in [-0.4, -0.2) is 32.9 Å². The zero-order chi connectivity index (χ0) is 18.6. The van der Waals surface area contributed by atoms with Crippen molar-refractivity contribution in [2.45, 2.75) is 44.2 Å². The Kier molecular flexibility index (Phi) is 3.44. The lowest BCUT2D eigenvalue weighted by molar-refractivity contribution is -0.122. The average molecular weight is 359 g/mol. The first-order valence-corrected chi connectivity index (χ1v) is 9.30. The molecule has 3 heterocycles. The fourth-order valence-corrected chi connectivity index (χ4v) is 4.08. The van der Waals surface area contributed by atoms with Crippen molar-refractivity contribution in [3.63, 3.8) is 0 Å². The number of para-hydroxylation sites is 1. The molecule has 2 aliphatic rings. The summed E-state index contributed by atoms with van der Waals surface area (Å²) in [6.45, 7) is 3.90. The zero-order valence-corrected chi connectivity index (χ0v) is 15.4. The first-order valence-electron chi connectivity index (χ1n) is 9.30. The van der Waals surface area contributed by atoms with E-state index in [0.29, 0.717) is 6.04 Å². The van der Waals surface area contributed by atoms with Crippen LogP contribution in [0.25, 0.3) is 10.9 Å². The molecule has 1 N–H and O–H groups in total. The number of hydrogen-bond donors (Lipinski definition) is 1. The number of carbonyl (C=O) groups excluding carboxylic acids is 1. The van der Waals surface area contributed by atoms with Crippen LogP contribution < -0.4 is 10.2 Å². The van der Waals surface area contributed by atoms with E-state index in [1.54, 1.807) is 6.20 Å². The van der Waals surface area contributed by atoms with E-state index in [1.807, 2.05) is 43.0 Å². The van der Waals surface area contributed by atoms with Gasteiger partial charge in [0.25, 0.3) is 0 Å². The molecule has 6 heteroatoms. The van der Waals surface area contributed by atoms with Gasteiger partial charge in [0.05, 0.1) is 10.9 Å². The van der Waals surface area contributed by atoms with Crippen molar-refractivity contribution in [2.75, 3.05) is 10.2 Å². The van der Waals surface area contributed by atoms with Crippen LogP contribution in [0.4, 0.5) is 11.6 Å². The van der Waals surface area contributed by atoms with E-state index in [-0.39, 0.29) is 11.9 Å². The molecule has 1 saturated carbocycles. The number of pyridine rings is 1. The van der Waals surface area contributed by atoms with Gasteiger partial charge in [0.2, 0.25) is 5.91 Å². The summed E-state index contributed by atoms with van der Waals surface area (Å²) in [5.41, 5.74) is 1.35. The lowest BCUT2D eigenvalue weighted by Gasteiger charge is -2.41. The Labute approximate surface area is 157 Å². The van der Waals surface area contributed by atoms with Gasteiger partial charge in [-0.25, -0.2) is 15.0 Å². The van der Waals surface area contributed by atoms with Crippen molar-refractivity contribution in [1.29, 1.82) is 0 Å². The Balaban J connectivity index is 1.31. The molecule has 1 aliphatic carbocycles. The van der Waals surface area contributed by atoms with E-state index in [1.165, 1.54) is 6.33 Å². The molecule has 0 spiro atoms. The number of benzene rings is 1. The Morgan fingerprint density at radius 2 is 1.96 bits per heavy atom. The lowest BCUT2D eigenvalue weighted by Crippen LogP contribution is -2.53. The van der Waals surface area contributed by atoms with Crippen molar-refractivity contribution in [3.05, 3.63) is 54.5 Å². The molecule has 0 unspecified atom stereocenters. The molecule has 5 rings (SSSR count). The van der Waals surface area contributed by atoms with E-state index in [9.17, 15) is 4.79 Å². The highest BCUT2D eigenvalue weighted by atomic mass is 16.2. The van der Waals surface area contributed by atoms with Crippen LogP contribution in [0.3, 0.4) is 0 Å². The summed E-state index contributed by atoms with van der Waals surface area (Å²) >= 11 is 0. The van der Waals surface area contributed by atoms with Gasteiger partial charge in [0.1, 0.15) is 18.0 Å². The number of aromatic nitrogens is 3. The molecule has 136 valence electrons. The van der Waals surface area contributed by atoms with Gasteiger partial charge in [0.15, 0.2) is 0 Å². The SMILES string of the molecule is CC1(C)C(=O)N([C@H]2C[C@H](Nc3ccc4ccccc4n3)C2)c2ncncc21. The Bertz CT molecular complexity index is 1040. The third kappa shape index (κ3) is 2.47. The highest BCUT2D eigenvalue weighted by molar-refractivity contribution is 6.07. The van der Waals surface area contributed by atoms with E-state index < -0.39 is 5.41 Å². The quantitative estimate of drug-likeness (QED) is 0.777. The second-order valence-corrected chi connectivity index (χ2v) is 7.92. The van der Waals surface area contributed by atoms with E-state index in [0.717, 1.165) is 40.9 Å². The molecule has 3 aromatic rings. The minimum Gasteiger partial charge on any atom is -0.367 e. The molecule has 0 radical (unpaired) electrons. The molecule has 0 saturated heterocycles. The minimum atomic E-state index is -0.561.